The molecular formula is C18H16F3N5O2. The lowest BCUT2D eigenvalue weighted by molar-refractivity contribution is -0.137. The third-order valence-electron chi connectivity index (χ3n) is 3.96. The van der Waals surface area contributed by atoms with Crippen molar-refractivity contribution in [1.82, 2.24) is 25.2 Å². The van der Waals surface area contributed by atoms with Crippen LogP contribution < -0.4 is 10.6 Å². The van der Waals surface area contributed by atoms with Crippen LogP contribution in [0.5, 0.6) is 0 Å². The van der Waals surface area contributed by atoms with E-state index >= 15 is 0 Å². The van der Waals surface area contributed by atoms with Crippen LogP contribution in [-0.2, 0) is 24.1 Å². The summed E-state index contributed by atoms with van der Waals surface area (Å²) in [5, 5.41) is 12.9. The number of alkyl halides is 3. The van der Waals surface area contributed by atoms with Gasteiger partial charge in [-0.15, -0.1) is 10.2 Å². The van der Waals surface area contributed by atoms with Gasteiger partial charge in [-0.3, -0.25) is 14.0 Å². The van der Waals surface area contributed by atoms with Crippen LogP contribution in [0, 0.1) is 0 Å². The Morgan fingerprint density at radius 3 is 2.36 bits per heavy atom. The second-order valence-electron chi connectivity index (χ2n) is 6.05. The van der Waals surface area contributed by atoms with Crippen molar-refractivity contribution in [3.63, 3.8) is 0 Å². The van der Waals surface area contributed by atoms with Crippen molar-refractivity contribution in [3.05, 3.63) is 65.1 Å². The Bertz CT molecular complexity index is 1010. The van der Waals surface area contributed by atoms with Gasteiger partial charge >= 0.3 is 6.18 Å². The molecule has 0 fully saturated rings. The van der Waals surface area contributed by atoms with Crippen molar-refractivity contribution in [3.8, 4) is 0 Å². The molecule has 0 aliphatic heterocycles. The Hall–Kier alpha value is -3.43. The van der Waals surface area contributed by atoms with Crippen LogP contribution in [0.4, 0.5) is 13.2 Å². The topological polar surface area (TPSA) is 88.4 Å². The number of amides is 2. The number of hydrogen-bond donors (Lipinski definition) is 2. The van der Waals surface area contributed by atoms with Gasteiger partial charge in [0.05, 0.1) is 12.1 Å². The summed E-state index contributed by atoms with van der Waals surface area (Å²) in [4.78, 5) is 23.2. The maximum atomic E-state index is 12.9. The molecule has 0 aliphatic carbocycles. The Kier molecular flexibility index (Phi) is 5.30. The maximum Gasteiger partial charge on any atom is 0.417 e. The van der Waals surface area contributed by atoms with E-state index in [1.54, 1.807) is 24.3 Å². The number of rotatable bonds is 5. The average molecular weight is 391 g/mol. The number of aromatic nitrogens is 3. The van der Waals surface area contributed by atoms with Crippen LogP contribution in [0.3, 0.4) is 0 Å². The molecule has 2 heterocycles. The van der Waals surface area contributed by atoms with E-state index < -0.39 is 17.6 Å². The van der Waals surface area contributed by atoms with Gasteiger partial charge in [-0.1, -0.05) is 12.1 Å². The molecule has 1 aromatic carbocycles. The molecule has 7 nitrogen and oxygen atoms in total. The monoisotopic (exact) mass is 391 g/mol. The molecule has 0 spiro atoms. The van der Waals surface area contributed by atoms with E-state index in [0.717, 1.165) is 17.8 Å². The van der Waals surface area contributed by atoms with Gasteiger partial charge in [0.15, 0.2) is 11.5 Å². The van der Waals surface area contributed by atoms with Gasteiger partial charge in [-0.25, -0.2) is 0 Å². The fourth-order valence-electron chi connectivity index (χ4n) is 2.49. The first-order chi connectivity index (χ1) is 13.2. The van der Waals surface area contributed by atoms with Crippen LogP contribution in [0.15, 0.2) is 42.6 Å². The van der Waals surface area contributed by atoms with Crippen molar-refractivity contribution in [1.29, 1.82) is 0 Å². The highest BCUT2D eigenvalue weighted by atomic mass is 19.4. The largest absolute Gasteiger partial charge is 0.417 e. The molecule has 2 N–H and O–H groups in total. The quantitative estimate of drug-likeness (QED) is 0.699. The number of nitrogens with zero attached hydrogens (tertiary/aromatic N) is 3. The summed E-state index contributed by atoms with van der Waals surface area (Å²) in [6.07, 6.45) is -3.59. The van der Waals surface area contributed by atoms with Crippen molar-refractivity contribution in [2.45, 2.75) is 26.2 Å². The number of carbonyl (C=O) groups excluding carboxylic acids is 2. The molecule has 0 aliphatic rings. The van der Waals surface area contributed by atoms with E-state index in [0.29, 0.717) is 12.1 Å². The summed E-state index contributed by atoms with van der Waals surface area (Å²) in [6, 6.07) is 8.73. The number of halogens is 3. The van der Waals surface area contributed by atoms with Crippen LogP contribution in [0.2, 0.25) is 0 Å². The fraction of sp³-hybridized carbons (Fsp3) is 0.222. The van der Waals surface area contributed by atoms with Crippen LogP contribution in [0.25, 0.3) is 5.65 Å². The molecule has 2 amide bonds. The summed E-state index contributed by atoms with van der Waals surface area (Å²) >= 11 is 0. The minimum atomic E-state index is -4.49. The van der Waals surface area contributed by atoms with Crippen LogP contribution in [-0.4, -0.2) is 26.4 Å². The van der Waals surface area contributed by atoms with E-state index in [2.05, 4.69) is 20.8 Å². The lowest BCUT2D eigenvalue weighted by atomic mass is 10.1. The first kappa shape index (κ1) is 19.3. The predicted octanol–water partition coefficient (Wildman–Crippen LogP) is 2.31. The highest BCUT2D eigenvalue weighted by Gasteiger charge is 2.31. The summed E-state index contributed by atoms with van der Waals surface area (Å²) < 4.78 is 39.8. The zero-order chi connectivity index (χ0) is 20.3. The third kappa shape index (κ3) is 4.45. The molecule has 3 aromatic rings. The number of benzene rings is 1. The summed E-state index contributed by atoms with van der Waals surface area (Å²) in [7, 11) is 0. The van der Waals surface area contributed by atoms with E-state index in [1.807, 2.05) is 0 Å². The van der Waals surface area contributed by atoms with Gasteiger partial charge in [0.25, 0.3) is 5.91 Å². The van der Waals surface area contributed by atoms with E-state index in [9.17, 15) is 22.8 Å². The van der Waals surface area contributed by atoms with Gasteiger partial charge in [0, 0.05) is 25.2 Å². The molecule has 0 atom stereocenters. The first-order valence-electron chi connectivity index (χ1n) is 8.26. The Balaban J connectivity index is 1.68. The highest BCUT2D eigenvalue weighted by Crippen LogP contribution is 2.29. The van der Waals surface area contributed by atoms with Crippen molar-refractivity contribution < 1.29 is 22.8 Å². The molecule has 0 unspecified atom stereocenters. The van der Waals surface area contributed by atoms with Crippen molar-refractivity contribution in [2.75, 3.05) is 0 Å². The van der Waals surface area contributed by atoms with E-state index in [1.165, 1.54) is 17.4 Å². The smallest absolute Gasteiger partial charge is 0.352 e. The van der Waals surface area contributed by atoms with Gasteiger partial charge in [-0.2, -0.15) is 13.2 Å². The summed E-state index contributed by atoms with van der Waals surface area (Å²) in [5.41, 5.74) is 0.618. The molecule has 2 aromatic heterocycles. The molecule has 0 saturated heterocycles. The number of fused-ring (bicyclic) bond motifs is 1. The zero-order valence-electron chi connectivity index (χ0n) is 14.7. The first-order valence-corrected chi connectivity index (χ1v) is 8.26. The van der Waals surface area contributed by atoms with Crippen LogP contribution in [0.1, 0.15) is 34.2 Å². The Morgan fingerprint density at radius 1 is 1.00 bits per heavy atom. The lowest BCUT2D eigenvalue weighted by Crippen LogP contribution is -2.24. The molecule has 146 valence electrons. The molecule has 0 saturated carbocycles. The maximum absolute atomic E-state index is 12.9. The second kappa shape index (κ2) is 7.67. The van der Waals surface area contributed by atoms with Gasteiger partial charge in [0.1, 0.15) is 0 Å². The zero-order valence-corrected chi connectivity index (χ0v) is 14.7. The number of pyridine rings is 1. The molecule has 0 bridgehead atoms. The van der Waals surface area contributed by atoms with Gasteiger partial charge in [-0.05, 0) is 29.8 Å². The average Bonchev–Trinajstić information content (AvgIpc) is 3.06. The molecule has 10 heteroatoms. The van der Waals surface area contributed by atoms with Gasteiger partial charge < -0.3 is 10.6 Å². The molecule has 3 rings (SSSR count). The number of carbonyl (C=O) groups is 2. The van der Waals surface area contributed by atoms with E-state index in [4.69, 9.17) is 0 Å². The van der Waals surface area contributed by atoms with Crippen molar-refractivity contribution >= 4 is 17.5 Å². The normalized spacial score (nSPS) is 11.4. The molecule has 0 radical (unpaired) electrons. The minimum absolute atomic E-state index is 0.0883. The SMILES string of the molecule is CC(=O)NCc1ccc(C(=O)NCc2nnc3ccc(C(F)(F)F)cn23)cc1. The Labute approximate surface area is 157 Å². The minimum Gasteiger partial charge on any atom is -0.352 e. The molecule has 28 heavy (non-hydrogen) atoms. The van der Waals surface area contributed by atoms with Crippen molar-refractivity contribution in [2.24, 2.45) is 0 Å². The summed E-state index contributed by atoms with van der Waals surface area (Å²) in [5.74, 6) is -0.387. The van der Waals surface area contributed by atoms with Crippen LogP contribution >= 0.6 is 0 Å². The molecular weight excluding hydrogens is 375 g/mol. The predicted molar refractivity (Wildman–Crippen MR) is 93.1 cm³/mol. The Morgan fingerprint density at radius 2 is 1.71 bits per heavy atom. The highest BCUT2D eigenvalue weighted by molar-refractivity contribution is 5.94. The summed E-state index contributed by atoms with van der Waals surface area (Å²) in [6.45, 7) is 1.67. The van der Waals surface area contributed by atoms with Gasteiger partial charge in [0.2, 0.25) is 5.91 Å². The second-order valence-corrected chi connectivity index (χ2v) is 6.05. The number of nitrogens with one attached hydrogen (secondary N) is 2. The third-order valence-corrected chi connectivity index (χ3v) is 3.96. The lowest BCUT2D eigenvalue weighted by Gasteiger charge is -2.08. The number of hydrogen-bond acceptors (Lipinski definition) is 4. The van der Waals surface area contributed by atoms with E-state index in [-0.39, 0.29) is 23.9 Å². The fourth-order valence-corrected chi connectivity index (χ4v) is 2.49. The standard InChI is InChI=1S/C18H16F3N5O2/c1-11(27)22-8-12-2-4-13(5-3-12)17(28)23-9-16-25-24-15-7-6-14(10-26(15)16)18(19,20)21/h2-7,10H,8-9H2,1H3,(H,22,27)(H,23,28).